The third-order valence-electron chi connectivity index (χ3n) is 1.27. The van der Waals surface area contributed by atoms with Crippen LogP contribution in [0.4, 0.5) is 0 Å². The van der Waals surface area contributed by atoms with Crippen LogP contribution in [0.2, 0.25) is 0 Å². The number of carboxylic acids is 1. The number of rotatable bonds is 5. The minimum Gasteiger partial charge on any atom is -0.479 e. The second kappa shape index (κ2) is 5.38. The topological polar surface area (TPSA) is 37.3 Å². The van der Waals surface area contributed by atoms with Crippen LogP contribution < -0.4 is 0 Å². The summed E-state index contributed by atoms with van der Waals surface area (Å²) in [7, 11) is 0. The van der Waals surface area contributed by atoms with Gasteiger partial charge in [0, 0.05) is 5.88 Å². The molecule has 0 amide bonds. The Morgan fingerprint density at radius 3 is 2.33 bits per heavy atom. The van der Waals surface area contributed by atoms with Crippen LogP contribution in [0.15, 0.2) is 0 Å². The van der Waals surface area contributed by atoms with E-state index in [1.807, 2.05) is 0 Å². The lowest BCUT2D eigenvalue weighted by Crippen LogP contribution is -2.35. The third-order valence-corrected chi connectivity index (χ3v) is 3.16. The van der Waals surface area contributed by atoms with Crippen molar-refractivity contribution in [2.75, 3.05) is 5.88 Å². The molecule has 72 valence electrons. The van der Waals surface area contributed by atoms with E-state index in [-0.39, 0.29) is 0 Å². The highest BCUT2D eigenvalue weighted by Crippen LogP contribution is 2.32. The zero-order chi connectivity index (χ0) is 9.78. The second-order valence-corrected chi connectivity index (χ2v) is 4.52. The van der Waals surface area contributed by atoms with Crippen LogP contribution in [0.25, 0.3) is 0 Å². The van der Waals surface area contributed by atoms with Gasteiger partial charge in [0.15, 0.2) is 0 Å². The highest BCUT2D eigenvalue weighted by atomic mass is 35.5. The van der Waals surface area contributed by atoms with Gasteiger partial charge in [-0.05, 0) is 12.8 Å². The summed E-state index contributed by atoms with van der Waals surface area (Å²) in [5, 5.41) is 7.71. The minimum atomic E-state index is -1.92. The zero-order valence-electron chi connectivity index (χ0n) is 6.07. The minimum absolute atomic E-state index is 0.379. The summed E-state index contributed by atoms with van der Waals surface area (Å²) in [5.41, 5.74) is 0. The van der Waals surface area contributed by atoms with Gasteiger partial charge in [0.1, 0.15) is 0 Å². The van der Waals surface area contributed by atoms with Gasteiger partial charge in [0.05, 0.1) is 5.38 Å². The maximum atomic E-state index is 10.4. The average molecular weight is 254 g/mol. The molecular formula is C6H8Cl4O2. The van der Waals surface area contributed by atoms with E-state index in [0.717, 1.165) is 0 Å². The average Bonchev–Trinajstić information content (AvgIpc) is 1.99. The van der Waals surface area contributed by atoms with Crippen LogP contribution >= 0.6 is 46.4 Å². The molecule has 0 rings (SSSR count). The van der Waals surface area contributed by atoms with Gasteiger partial charge in [0.25, 0.3) is 0 Å². The first-order valence-electron chi connectivity index (χ1n) is 3.24. The number of carbonyl (C=O) groups is 1. The lowest BCUT2D eigenvalue weighted by molar-refractivity contribution is -0.137. The van der Waals surface area contributed by atoms with Gasteiger partial charge < -0.3 is 5.11 Å². The van der Waals surface area contributed by atoms with Crippen LogP contribution in [0.5, 0.6) is 0 Å². The van der Waals surface area contributed by atoms with Gasteiger partial charge in [-0.2, -0.15) is 0 Å². The molecule has 0 bridgehead atoms. The first-order chi connectivity index (χ1) is 5.42. The summed E-state index contributed by atoms with van der Waals surface area (Å²) in [6.45, 7) is 0. The molecule has 1 unspecified atom stereocenters. The van der Waals surface area contributed by atoms with Gasteiger partial charge in [-0.1, -0.05) is 23.2 Å². The molecule has 0 fully saturated rings. The van der Waals surface area contributed by atoms with Gasteiger partial charge in [0.2, 0.25) is 4.33 Å². The van der Waals surface area contributed by atoms with E-state index in [0.29, 0.717) is 18.7 Å². The lowest BCUT2D eigenvalue weighted by atomic mass is 10.2. The SMILES string of the molecule is O=C(O)C(Cl)(Cl)C(Cl)CCCCl. The van der Waals surface area contributed by atoms with E-state index >= 15 is 0 Å². The fourth-order valence-electron chi connectivity index (χ4n) is 0.572. The largest absolute Gasteiger partial charge is 0.479 e. The van der Waals surface area contributed by atoms with E-state index in [9.17, 15) is 4.79 Å². The molecule has 0 aromatic carbocycles. The Labute approximate surface area is 90.7 Å². The summed E-state index contributed by atoms with van der Waals surface area (Å²) in [5.74, 6) is -0.924. The van der Waals surface area contributed by atoms with Gasteiger partial charge in [-0.3, -0.25) is 0 Å². The standard InChI is InChI=1S/C6H8Cl4O2/c7-3-1-2-4(8)6(9,10)5(11)12/h4H,1-3H2,(H,11,12). The number of alkyl halides is 4. The molecule has 2 nitrogen and oxygen atoms in total. The molecule has 1 atom stereocenters. The first kappa shape index (κ1) is 12.6. The Balaban J connectivity index is 4.06. The molecule has 6 heteroatoms. The normalized spacial score (nSPS) is 14.3. The molecule has 0 aliphatic heterocycles. The molecule has 0 aliphatic carbocycles. The van der Waals surface area contributed by atoms with Crippen LogP contribution in [0.1, 0.15) is 12.8 Å². The zero-order valence-corrected chi connectivity index (χ0v) is 9.09. The van der Waals surface area contributed by atoms with Crippen molar-refractivity contribution in [3.8, 4) is 0 Å². The maximum Gasteiger partial charge on any atom is 0.341 e. The van der Waals surface area contributed by atoms with Crippen molar-refractivity contribution in [1.82, 2.24) is 0 Å². The number of carboxylic acid groups (broad SMARTS) is 1. The fourth-order valence-corrected chi connectivity index (χ4v) is 1.19. The van der Waals surface area contributed by atoms with Crippen molar-refractivity contribution in [3.05, 3.63) is 0 Å². The van der Waals surface area contributed by atoms with Gasteiger partial charge >= 0.3 is 5.97 Å². The fraction of sp³-hybridized carbons (Fsp3) is 0.833. The van der Waals surface area contributed by atoms with Crippen molar-refractivity contribution in [3.63, 3.8) is 0 Å². The number of halogens is 4. The molecule has 0 heterocycles. The summed E-state index contributed by atoms with van der Waals surface area (Å²) >= 11 is 21.9. The maximum absolute atomic E-state index is 10.4. The third kappa shape index (κ3) is 3.56. The first-order valence-corrected chi connectivity index (χ1v) is 4.96. The highest BCUT2D eigenvalue weighted by Gasteiger charge is 2.41. The van der Waals surface area contributed by atoms with Crippen molar-refractivity contribution < 1.29 is 9.90 Å². The predicted octanol–water partition coefficient (Wildman–Crippen LogP) is 2.87. The molecule has 0 saturated carbocycles. The number of aliphatic carboxylic acids is 1. The Morgan fingerprint density at radius 1 is 1.50 bits per heavy atom. The molecule has 0 spiro atoms. The summed E-state index contributed by atoms with van der Waals surface area (Å²) < 4.78 is -1.92. The molecule has 1 N–H and O–H groups in total. The van der Waals surface area contributed by atoms with E-state index in [4.69, 9.17) is 51.5 Å². The predicted molar refractivity (Wildman–Crippen MR) is 51.7 cm³/mol. The monoisotopic (exact) mass is 252 g/mol. The van der Waals surface area contributed by atoms with E-state index in [2.05, 4.69) is 0 Å². The lowest BCUT2D eigenvalue weighted by Gasteiger charge is -2.19. The Kier molecular flexibility index (Phi) is 5.66. The van der Waals surface area contributed by atoms with Crippen LogP contribution in [-0.2, 0) is 4.79 Å². The molecule has 0 radical (unpaired) electrons. The number of hydrogen-bond acceptors (Lipinski definition) is 1. The Morgan fingerprint density at radius 2 is 2.00 bits per heavy atom. The number of hydrogen-bond donors (Lipinski definition) is 1. The molecule has 12 heavy (non-hydrogen) atoms. The van der Waals surface area contributed by atoms with E-state index in [1.54, 1.807) is 0 Å². The van der Waals surface area contributed by atoms with Crippen molar-refractivity contribution in [2.45, 2.75) is 22.6 Å². The van der Waals surface area contributed by atoms with Gasteiger partial charge in [-0.25, -0.2) is 4.79 Å². The quantitative estimate of drug-likeness (QED) is 0.766. The summed E-state index contributed by atoms with van der Waals surface area (Å²) in [4.78, 5) is 10.4. The van der Waals surface area contributed by atoms with E-state index in [1.165, 1.54) is 0 Å². The van der Waals surface area contributed by atoms with Crippen molar-refractivity contribution >= 4 is 52.4 Å². The van der Waals surface area contributed by atoms with Crippen LogP contribution in [-0.4, -0.2) is 26.7 Å². The smallest absolute Gasteiger partial charge is 0.341 e. The second-order valence-electron chi connectivity index (χ2n) is 2.23. The van der Waals surface area contributed by atoms with Crippen LogP contribution in [0, 0.1) is 0 Å². The molecule has 0 aromatic heterocycles. The van der Waals surface area contributed by atoms with Crippen molar-refractivity contribution in [2.24, 2.45) is 0 Å². The molecule has 0 saturated heterocycles. The summed E-state index contributed by atoms with van der Waals surface area (Å²) in [6.07, 6.45) is 0.967. The Hall–Kier alpha value is 0.630. The van der Waals surface area contributed by atoms with E-state index < -0.39 is 15.7 Å². The van der Waals surface area contributed by atoms with Crippen LogP contribution in [0.3, 0.4) is 0 Å². The Bertz CT molecular complexity index is 160. The van der Waals surface area contributed by atoms with Gasteiger partial charge in [-0.15, -0.1) is 23.2 Å². The summed E-state index contributed by atoms with van der Waals surface area (Å²) in [6, 6.07) is 0. The highest BCUT2D eigenvalue weighted by molar-refractivity contribution is 6.60. The van der Waals surface area contributed by atoms with Crippen molar-refractivity contribution in [1.29, 1.82) is 0 Å². The molecule has 0 aromatic rings. The molecular weight excluding hydrogens is 246 g/mol. The molecule has 0 aliphatic rings.